The highest BCUT2D eigenvalue weighted by Gasteiger charge is 2.11. The third-order valence-corrected chi connectivity index (χ3v) is 3.74. The Labute approximate surface area is 134 Å². The summed E-state index contributed by atoms with van der Waals surface area (Å²) in [5.74, 6) is -0.553. The maximum atomic E-state index is 13.6. The van der Waals surface area contributed by atoms with Crippen LogP contribution in [0.15, 0.2) is 72.8 Å². The summed E-state index contributed by atoms with van der Waals surface area (Å²) in [6, 6.07) is 20.1. The SMILES string of the molecule is CNC(=O)C=C(c1cccc(F)c1)c1cccc2ccccc12. The number of fused-ring (bicyclic) bond motifs is 1. The third-order valence-electron chi connectivity index (χ3n) is 3.74. The van der Waals surface area contributed by atoms with Crippen LogP contribution >= 0.6 is 0 Å². The van der Waals surface area contributed by atoms with Gasteiger partial charge in [-0.1, -0.05) is 54.6 Å². The van der Waals surface area contributed by atoms with E-state index in [1.54, 1.807) is 19.2 Å². The van der Waals surface area contributed by atoms with E-state index in [1.807, 2.05) is 42.5 Å². The summed E-state index contributed by atoms with van der Waals surface area (Å²) in [6.45, 7) is 0. The second-order valence-corrected chi connectivity index (χ2v) is 5.21. The minimum absolute atomic E-state index is 0.225. The number of carbonyl (C=O) groups is 1. The van der Waals surface area contributed by atoms with Crippen LogP contribution in [-0.2, 0) is 4.79 Å². The molecule has 0 aliphatic heterocycles. The fourth-order valence-electron chi connectivity index (χ4n) is 2.64. The number of halogens is 1. The van der Waals surface area contributed by atoms with Crippen molar-refractivity contribution in [1.82, 2.24) is 5.32 Å². The molecule has 0 saturated heterocycles. The van der Waals surface area contributed by atoms with Gasteiger partial charge < -0.3 is 5.32 Å². The molecule has 2 nitrogen and oxygen atoms in total. The van der Waals surface area contributed by atoms with Crippen molar-refractivity contribution in [2.45, 2.75) is 0 Å². The number of amides is 1. The molecule has 3 aromatic carbocycles. The van der Waals surface area contributed by atoms with E-state index in [-0.39, 0.29) is 11.7 Å². The van der Waals surface area contributed by atoms with E-state index in [0.29, 0.717) is 11.1 Å². The molecule has 3 heteroatoms. The second kappa shape index (κ2) is 6.44. The van der Waals surface area contributed by atoms with Gasteiger partial charge in [0.05, 0.1) is 0 Å². The summed E-state index contributed by atoms with van der Waals surface area (Å²) in [7, 11) is 1.57. The molecule has 3 rings (SSSR count). The molecule has 3 aromatic rings. The molecule has 0 saturated carbocycles. The maximum absolute atomic E-state index is 13.6. The van der Waals surface area contributed by atoms with Crippen LogP contribution in [0.2, 0.25) is 0 Å². The zero-order chi connectivity index (χ0) is 16.2. The van der Waals surface area contributed by atoms with E-state index in [2.05, 4.69) is 5.32 Å². The molecule has 23 heavy (non-hydrogen) atoms. The van der Waals surface area contributed by atoms with Gasteiger partial charge in [0.25, 0.3) is 0 Å². The summed E-state index contributed by atoms with van der Waals surface area (Å²) in [4.78, 5) is 11.9. The van der Waals surface area contributed by atoms with Crippen molar-refractivity contribution in [3.8, 4) is 0 Å². The third kappa shape index (κ3) is 3.14. The molecule has 1 N–H and O–H groups in total. The number of carbonyl (C=O) groups excluding carboxylic acids is 1. The number of hydrogen-bond donors (Lipinski definition) is 1. The van der Waals surface area contributed by atoms with Gasteiger partial charge in [-0.2, -0.15) is 0 Å². The van der Waals surface area contributed by atoms with Crippen molar-refractivity contribution >= 4 is 22.3 Å². The molecule has 0 aliphatic carbocycles. The number of benzene rings is 3. The smallest absolute Gasteiger partial charge is 0.244 e. The monoisotopic (exact) mass is 305 g/mol. The number of hydrogen-bond acceptors (Lipinski definition) is 1. The molecule has 0 spiro atoms. The van der Waals surface area contributed by atoms with Crippen LogP contribution in [0.5, 0.6) is 0 Å². The topological polar surface area (TPSA) is 29.1 Å². The minimum Gasteiger partial charge on any atom is -0.356 e. The molecule has 0 unspecified atom stereocenters. The first-order valence-electron chi connectivity index (χ1n) is 7.36. The first-order valence-corrected chi connectivity index (χ1v) is 7.36. The van der Waals surface area contributed by atoms with Gasteiger partial charge in [-0.3, -0.25) is 4.79 Å². The predicted octanol–water partition coefficient (Wildman–Crippen LogP) is 4.16. The highest BCUT2D eigenvalue weighted by Crippen LogP contribution is 2.30. The van der Waals surface area contributed by atoms with Crippen molar-refractivity contribution in [1.29, 1.82) is 0 Å². The molecule has 0 aliphatic rings. The molecular formula is C20H16FNO. The normalized spacial score (nSPS) is 11.5. The van der Waals surface area contributed by atoms with Gasteiger partial charge in [0.2, 0.25) is 5.91 Å². The first kappa shape index (κ1) is 15.0. The van der Waals surface area contributed by atoms with E-state index in [4.69, 9.17) is 0 Å². The molecule has 0 fully saturated rings. The van der Waals surface area contributed by atoms with Crippen molar-refractivity contribution < 1.29 is 9.18 Å². The lowest BCUT2D eigenvalue weighted by atomic mass is 9.93. The summed E-state index contributed by atoms with van der Waals surface area (Å²) in [5.41, 5.74) is 2.27. The zero-order valence-electron chi connectivity index (χ0n) is 12.7. The lowest BCUT2D eigenvalue weighted by Crippen LogP contribution is -2.15. The summed E-state index contributed by atoms with van der Waals surface area (Å²) in [6.07, 6.45) is 1.51. The van der Waals surface area contributed by atoms with Gasteiger partial charge in [-0.05, 0) is 39.6 Å². The van der Waals surface area contributed by atoms with Crippen LogP contribution < -0.4 is 5.32 Å². The van der Waals surface area contributed by atoms with Crippen LogP contribution in [0.4, 0.5) is 4.39 Å². The van der Waals surface area contributed by atoms with Crippen molar-refractivity contribution in [2.75, 3.05) is 7.05 Å². The molecular weight excluding hydrogens is 289 g/mol. The maximum Gasteiger partial charge on any atom is 0.244 e. The Morgan fingerprint density at radius 3 is 2.52 bits per heavy atom. The van der Waals surface area contributed by atoms with Crippen molar-refractivity contribution in [2.24, 2.45) is 0 Å². The predicted molar refractivity (Wildman–Crippen MR) is 91.5 cm³/mol. The van der Waals surface area contributed by atoms with E-state index in [1.165, 1.54) is 18.2 Å². The number of rotatable bonds is 3. The average molecular weight is 305 g/mol. The highest BCUT2D eigenvalue weighted by molar-refractivity contribution is 6.04. The molecule has 114 valence electrons. The Hall–Kier alpha value is -2.94. The van der Waals surface area contributed by atoms with Crippen LogP contribution in [0.3, 0.4) is 0 Å². The van der Waals surface area contributed by atoms with Crippen molar-refractivity contribution in [3.63, 3.8) is 0 Å². The molecule has 0 heterocycles. The standard InChI is InChI=1S/C20H16FNO/c1-22-20(23)13-19(15-8-4-9-16(21)12-15)18-11-5-7-14-6-2-3-10-17(14)18/h2-13H,1H3,(H,22,23). The van der Waals surface area contributed by atoms with E-state index >= 15 is 0 Å². The number of likely N-dealkylation sites (N-methyl/N-ethyl adjacent to an activating group) is 1. The lowest BCUT2D eigenvalue weighted by molar-refractivity contribution is -0.116. The molecule has 0 bridgehead atoms. The average Bonchev–Trinajstić information content (AvgIpc) is 2.59. The second-order valence-electron chi connectivity index (χ2n) is 5.21. The van der Waals surface area contributed by atoms with Gasteiger partial charge in [0.15, 0.2) is 0 Å². The van der Waals surface area contributed by atoms with E-state index in [9.17, 15) is 9.18 Å². The fourth-order valence-corrected chi connectivity index (χ4v) is 2.64. The summed E-state index contributed by atoms with van der Waals surface area (Å²) < 4.78 is 13.6. The van der Waals surface area contributed by atoms with Crippen LogP contribution in [0.25, 0.3) is 16.3 Å². The largest absolute Gasteiger partial charge is 0.356 e. The molecule has 0 aromatic heterocycles. The first-order chi connectivity index (χ1) is 11.2. The quantitative estimate of drug-likeness (QED) is 0.723. The summed E-state index contributed by atoms with van der Waals surface area (Å²) in [5, 5.41) is 4.68. The van der Waals surface area contributed by atoms with Crippen LogP contribution in [0.1, 0.15) is 11.1 Å². The molecule has 0 radical (unpaired) electrons. The van der Waals surface area contributed by atoms with Crippen LogP contribution in [0, 0.1) is 5.82 Å². The summed E-state index contributed by atoms with van der Waals surface area (Å²) >= 11 is 0. The van der Waals surface area contributed by atoms with Crippen LogP contribution in [-0.4, -0.2) is 13.0 Å². The van der Waals surface area contributed by atoms with Gasteiger partial charge in [-0.15, -0.1) is 0 Å². The van der Waals surface area contributed by atoms with Crippen molar-refractivity contribution in [3.05, 3.63) is 89.8 Å². The fraction of sp³-hybridized carbons (Fsp3) is 0.0500. The minimum atomic E-state index is -0.328. The highest BCUT2D eigenvalue weighted by atomic mass is 19.1. The van der Waals surface area contributed by atoms with E-state index < -0.39 is 0 Å². The Morgan fingerprint density at radius 1 is 1.00 bits per heavy atom. The molecule has 0 atom stereocenters. The Morgan fingerprint density at radius 2 is 1.74 bits per heavy atom. The van der Waals surface area contributed by atoms with Gasteiger partial charge in [0, 0.05) is 13.1 Å². The van der Waals surface area contributed by atoms with Gasteiger partial charge >= 0.3 is 0 Å². The zero-order valence-corrected chi connectivity index (χ0v) is 12.7. The lowest BCUT2D eigenvalue weighted by Gasteiger charge is -2.12. The Balaban J connectivity index is 2.27. The van der Waals surface area contributed by atoms with E-state index in [0.717, 1.165) is 16.3 Å². The van der Waals surface area contributed by atoms with Gasteiger partial charge in [0.1, 0.15) is 5.82 Å². The Bertz CT molecular complexity index is 894. The Kier molecular flexibility index (Phi) is 4.20. The van der Waals surface area contributed by atoms with Gasteiger partial charge in [-0.25, -0.2) is 4.39 Å². The number of nitrogens with one attached hydrogen (secondary N) is 1. The molecule has 1 amide bonds.